The maximum atomic E-state index is 12.7. The zero-order valence-electron chi connectivity index (χ0n) is 15.3. The van der Waals surface area contributed by atoms with E-state index in [1.807, 2.05) is 18.2 Å². The molecule has 1 aliphatic carbocycles. The first-order valence-electron chi connectivity index (χ1n) is 9.20. The Labute approximate surface area is 167 Å². The fraction of sp³-hybridized carbons (Fsp3) is 0.400. The van der Waals surface area contributed by atoms with Crippen molar-refractivity contribution in [3.8, 4) is 6.07 Å². The van der Waals surface area contributed by atoms with Crippen molar-refractivity contribution in [1.82, 2.24) is 15.2 Å². The van der Waals surface area contributed by atoms with Gasteiger partial charge in [0.2, 0.25) is 5.91 Å². The predicted octanol–water partition coefficient (Wildman–Crippen LogP) is 2.07. The normalized spacial score (nSPS) is 18.8. The molecule has 1 N–H and O–H groups in total. The van der Waals surface area contributed by atoms with Crippen LogP contribution < -0.4 is 5.32 Å². The van der Waals surface area contributed by atoms with Crippen molar-refractivity contribution >= 4 is 34.5 Å². The number of amides is 2. The minimum absolute atomic E-state index is 0.133. The van der Waals surface area contributed by atoms with Crippen LogP contribution in [0.5, 0.6) is 0 Å². The van der Waals surface area contributed by atoms with Gasteiger partial charge in [-0.2, -0.15) is 5.26 Å². The molecule has 0 radical (unpaired) electrons. The van der Waals surface area contributed by atoms with Crippen LogP contribution in [0.4, 0.5) is 0 Å². The van der Waals surface area contributed by atoms with E-state index in [0.29, 0.717) is 29.9 Å². The molecular formula is C20H20N4O3S. The van der Waals surface area contributed by atoms with Crippen LogP contribution in [0.2, 0.25) is 0 Å². The van der Waals surface area contributed by atoms with Crippen molar-refractivity contribution in [2.45, 2.75) is 31.6 Å². The fourth-order valence-electron chi connectivity index (χ4n) is 3.08. The Kier molecular flexibility index (Phi) is 5.46. The fourth-order valence-corrected chi connectivity index (χ4v) is 4.18. The number of ether oxygens (including phenoxy) is 1. The van der Waals surface area contributed by atoms with Gasteiger partial charge in [-0.3, -0.25) is 14.6 Å². The maximum absolute atomic E-state index is 12.7. The first-order chi connectivity index (χ1) is 13.7. The van der Waals surface area contributed by atoms with Gasteiger partial charge in [0.25, 0.3) is 5.91 Å². The number of carbonyl (C=O) groups is 2. The van der Waals surface area contributed by atoms with E-state index in [0.717, 1.165) is 29.3 Å². The quantitative estimate of drug-likeness (QED) is 0.803. The van der Waals surface area contributed by atoms with E-state index < -0.39 is 6.04 Å². The summed E-state index contributed by atoms with van der Waals surface area (Å²) in [6, 6.07) is 9.10. The molecule has 1 unspecified atom stereocenters. The molecule has 2 fully saturated rings. The molecule has 8 heteroatoms. The van der Waals surface area contributed by atoms with Crippen LogP contribution in [-0.2, 0) is 16.1 Å². The van der Waals surface area contributed by atoms with Crippen LogP contribution in [0.1, 0.15) is 28.8 Å². The molecule has 1 atom stereocenters. The van der Waals surface area contributed by atoms with Crippen LogP contribution in [0.15, 0.2) is 30.5 Å². The molecule has 0 spiro atoms. The number of nitriles is 1. The molecule has 144 valence electrons. The van der Waals surface area contributed by atoms with Gasteiger partial charge >= 0.3 is 0 Å². The van der Waals surface area contributed by atoms with E-state index in [4.69, 9.17) is 10.00 Å². The second-order valence-electron chi connectivity index (χ2n) is 6.91. The molecule has 1 aliphatic heterocycles. The number of benzene rings is 1. The summed E-state index contributed by atoms with van der Waals surface area (Å²) in [6.07, 6.45) is 4.17. The van der Waals surface area contributed by atoms with E-state index >= 15 is 0 Å². The molecule has 1 saturated carbocycles. The Morgan fingerprint density at radius 2 is 2.21 bits per heavy atom. The average Bonchev–Trinajstić information content (AvgIpc) is 3.43. The number of fused-ring (bicyclic) bond motifs is 1. The topological polar surface area (TPSA) is 95.3 Å². The summed E-state index contributed by atoms with van der Waals surface area (Å²) in [5.41, 5.74) is 2.18. The number of thioether (sulfide) groups is 1. The lowest BCUT2D eigenvalue weighted by Crippen LogP contribution is -2.42. The van der Waals surface area contributed by atoms with E-state index in [2.05, 4.69) is 16.4 Å². The second kappa shape index (κ2) is 8.17. The number of pyridine rings is 1. The third kappa shape index (κ3) is 4.11. The lowest BCUT2D eigenvalue weighted by molar-refractivity contribution is -0.129. The maximum Gasteiger partial charge on any atom is 0.252 e. The van der Waals surface area contributed by atoms with Crippen LogP contribution in [0, 0.1) is 11.3 Å². The van der Waals surface area contributed by atoms with Crippen molar-refractivity contribution in [1.29, 1.82) is 5.26 Å². The van der Waals surface area contributed by atoms with Gasteiger partial charge in [0.15, 0.2) is 0 Å². The van der Waals surface area contributed by atoms with Crippen LogP contribution >= 0.6 is 11.8 Å². The number of hydrogen-bond donors (Lipinski definition) is 1. The Balaban J connectivity index is 1.46. The molecule has 1 aromatic heterocycles. The highest BCUT2D eigenvalue weighted by molar-refractivity contribution is 7.99. The van der Waals surface area contributed by atoms with Crippen LogP contribution in [0.3, 0.4) is 0 Å². The van der Waals surface area contributed by atoms with Crippen molar-refractivity contribution in [3.63, 3.8) is 0 Å². The number of nitrogens with one attached hydrogen (secondary N) is 1. The van der Waals surface area contributed by atoms with Gasteiger partial charge in [-0.05, 0) is 36.6 Å². The van der Waals surface area contributed by atoms with Gasteiger partial charge < -0.3 is 15.0 Å². The lowest BCUT2D eigenvalue weighted by atomic mass is 10.1. The SMILES string of the molecule is N#CC1CSCN1C(=O)CNC(=O)c1ccnc2ccc(COC3CC3)cc12. The highest BCUT2D eigenvalue weighted by atomic mass is 32.2. The van der Waals surface area contributed by atoms with Gasteiger partial charge in [0, 0.05) is 17.3 Å². The average molecular weight is 396 g/mol. The van der Waals surface area contributed by atoms with Crippen molar-refractivity contribution < 1.29 is 14.3 Å². The van der Waals surface area contributed by atoms with Gasteiger partial charge in [0.05, 0.1) is 42.3 Å². The molecule has 4 rings (SSSR count). The molecular weight excluding hydrogens is 376 g/mol. The van der Waals surface area contributed by atoms with Gasteiger partial charge in [-0.25, -0.2) is 0 Å². The Morgan fingerprint density at radius 3 is 3.00 bits per heavy atom. The molecule has 2 aliphatic rings. The van der Waals surface area contributed by atoms with Crippen molar-refractivity contribution in [2.24, 2.45) is 0 Å². The Bertz CT molecular complexity index is 954. The summed E-state index contributed by atoms with van der Waals surface area (Å²) in [5, 5.41) is 12.5. The minimum Gasteiger partial charge on any atom is -0.374 e. The third-order valence-corrected chi connectivity index (χ3v) is 5.82. The zero-order valence-corrected chi connectivity index (χ0v) is 16.1. The zero-order chi connectivity index (χ0) is 19.5. The Morgan fingerprint density at radius 1 is 1.36 bits per heavy atom. The van der Waals surface area contributed by atoms with Crippen molar-refractivity contribution in [3.05, 3.63) is 41.6 Å². The van der Waals surface area contributed by atoms with Crippen molar-refractivity contribution in [2.75, 3.05) is 18.2 Å². The number of rotatable bonds is 6. The summed E-state index contributed by atoms with van der Waals surface area (Å²) in [4.78, 5) is 30.9. The standard InChI is InChI=1S/C20H20N4O3S/c21-8-14-11-28-12-24(14)19(25)9-23-20(26)16-5-6-22-18-4-1-13(7-17(16)18)10-27-15-2-3-15/h1,4-7,14-15H,2-3,9-12H2,(H,23,26). The number of aromatic nitrogens is 1. The summed E-state index contributed by atoms with van der Waals surface area (Å²) in [7, 11) is 0. The first-order valence-corrected chi connectivity index (χ1v) is 10.4. The monoisotopic (exact) mass is 396 g/mol. The molecule has 1 saturated heterocycles. The largest absolute Gasteiger partial charge is 0.374 e. The van der Waals surface area contributed by atoms with E-state index in [-0.39, 0.29) is 18.4 Å². The van der Waals surface area contributed by atoms with Crippen LogP contribution in [0.25, 0.3) is 10.9 Å². The summed E-state index contributed by atoms with van der Waals surface area (Å²) >= 11 is 1.54. The molecule has 2 aromatic rings. The van der Waals surface area contributed by atoms with Gasteiger partial charge in [0.1, 0.15) is 6.04 Å². The lowest BCUT2D eigenvalue weighted by Gasteiger charge is -2.18. The summed E-state index contributed by atoms with van der Waals surface area (Å²) in [5.74, 6) is 0.509. The smallest absolute Gasteiger partial charge is 0.252 e. The Hall–Kier alpha value is -2.63. The predicted molar refractivity (Wildman–Crippen MR) is 105 cm³/mol. The highest BCUT2D eigenvalue weighted by Gasteiger charge is 2.29. The highest BCUT2D eigenvalue weighted by Crippen LogP contribution is 2.26. The van der Waals surface area contributed by atoms with E-state index in [1.165, 1.54) is 16.7 Å². The summed E-state index contributed by atoms with van der Waals surface area (Å²) in [6.45, 7) is 0.378. The van der Waals surface area contributed by atoms with E-state index in [9.17, 15) is 9.59 Å². The number of nitrogens with zero attached hydrogens (tertiary/aromatic N) is 3. The molecule has 7 nitrogen and oxygen atoms in total. The van der Waals surface area contributed by atoms with Gasteiger partial charge in [-0.15, -0.1) is 11.8 Å². The molecule has 28 heavy (non-hydrogen) atoms. The summed E-state index contributed by atoms with van der Waals surface area (Å²) < 4.78 is 5.75. The van der Waals surface area contributed by atoms with Gasteiger partial charge in [-0.1, -0.05) is 6.07 Å². The minimum atomic E-state index is -0.426. The van der Waals surface area contributed by atoms with E-state index in [1.54, 1.807) is 12.3 Å². The second-order valence-corrected chi connectivity index (χ2v) is 7.91. The molecule has 1 aromatic carbocycles. The third-order valence-electron chi connectivity index (χ3n) is 4.81. The molecule has 0 bridgehead atoms. The first kappa shape index (κ1) is 18.7. The number of carbonyl (C=O) groups excluding carboxylic acids is 2. The molecule has 2 amide bonds. The van der Waals surface area contributed by atoms with Crippen LogP contribution in [-0.4, -0.2) is 52.0 Å². The number of hydrogen-bond acceptors (Lipinski definition) is 6. The molecule has 2 heterocycles.